The molecule has 2 rings (SSSR count). The van der Waals surface area contributed by atoms with Crippen LogP contribution in [0.15, 0.2) is 24.3 Å². The van der Waals surface area contributed by atoms with E-state index in [1.807, 2.05) is 56.7 Å². The summed E-state index contributed by atoms with van der Waals surface area (Å²) in [6, 6.07) is 7.68. The summed E-state index contributed by atoms with van der Waals surface area (Å²) in [5, 5.41) is 3.98. The van der Waals surface area contributed by atoms with E-state index in [0.29, 0.717) is 5.69 Å². The second kappa shape index (κ2) is 4.61. The number of nitrogens with one attached hydrogen (secondary N) is 1. The van der Waals surface area contributed by atoms with Gasteiger partial charge in [0, 0.05) is 23.5 Å². The topological polar surface area (TPSA) is 43.3 Å². The van der Waals surface area contributed by atoms with E-state index in [9.17, 15) is 4.79 Å². The Balaban J connectivity index is 2.44. The maximum Gasteiger partial charge on any atom is 0.268 e. The van der Waals surface area contributed by atoms with Gasteiger partial charge in [0.25, 0.3) is 5.91 Å². The Morgan fingerprint density at radius 3 is 2.53 bits per heavy atom. The first kappa shape index (κ1) is 13.5. The van der Waals surface area contributed by atoms with Crippen molar-refractivity contribution in [2.24, 2.45) is 7.05 Å². The molecular weight excluding hydrogens is 240 g/mol. The molecule has 19 heavy (non-hydrogen) atoms. The van der Waals surface area contributed by atoms with Crippen LogP contribution in [0.2, 0.25) is 0 Å². The zero-order chi connectivity index (χ0) is 14.2. The van der Waals surface area contributed by atoms with Crippen LogP contribution in [0.3, 0.4) is 0 Å². The maximum absolute atomic E-state index is 12.2. The number of ether oxygens (including phenoxy) is 1. The number of fused-ring (bicyclic) bond motifs is 1. The van der Waals surface area contributed by atoms with Gasteiger partial charge in [-0.1, -0.05) is 0 Å². The standard InChI is InChI=1S/C15H20N2O2/c1-15(2,3)16-14(18)13-9-10-8-11(19-5)6-7-12(10)17(13)4/h6-9H,1-5H3,(H,16,18). The van der Waals surface area contributed by atoms with Crippen LogP contribution in [0.25, 0.3) is 10.9 Å². The molecule has 0 fully saturated rings. The molecule has 0 unspecified atom stereocenters. The second-order valence-electron chi connectivity index (χ2n) is 5.72. The molecule has 102 valence electrons. The van der Waals surface area contributed by atoms with E-state index in [-0.39, 0.29) is 11.4 Å². The van der Waals surface area contributed by atoms with Gasteiger partial charge in [-0.05, 0) is 45.0 Å². The summed E-state index contributed by atoms with van der Waals surface area (Å²) in [4.78, 5) is 12.2. The summed E-state index contributed by atoms with van der Waals surface area (Å²) in [5.41, 5.74) is 1.42. The number of aromatic nitrogens is 1. The van der Waals surface area contributed by atoms with Gasteiger partial charge in [-0.15, -0.1) is 0 Å². The van der Waals surface area contributed by atoms with E-state index in [4.69, 9.17) is 4.74 Å². The Morgan fingerprint density at radius 2 is 1.95 bits per heavy atom. The Morgan fingerprint density at radius 1 is 1.26 bits per heavy atom. The lowest BCUT2D eigenvalue weighted by atomic mass is 10.1. The van der Waals surface area contributed by atoms with E-state index < -0.39 is 0 Å². The highest BCUT2D eigenvalue weighted by molar-refractivity contribution is 5.99. The monoisotopic (exact) mass is 260 g/mol. The van der Waals surface area contributed by atoms with Crippen LogP contribution in [-0.2, 0) is 7.05 Å². The molecule has 0 aliphatic carbocycles. The van der Waals surface area contributed by atoms with Crippen LogP contribution in [0.5, 0.6) is 5.75 Å². The number of hydrogen-bond donors (Lipinski definition) is 1. The molecule has 0 atom stereocenters. The molecule has 0 aliphatic heterocycles. The predicted octanol–water partition coefficient (Wildman–Crippen LogP) is 2.72. The summed E-state index contributed by atoms with van der Waals surface area (Å²) in [6.07, 6.45) is 0. The van der Waals surface area contributed by atoms with Gasteiger partial charge in [-0.25, -0.2) is 0 Å². The number of nitrogens with zero attached hydrogens (tertiary/aromatic N) is 1. The van der Waals surface area contributed by atoms with Crippen LogP contribution in [0.4, 0.5) is 0 Å². The van der Waals surface area contributed by atoms with Crippen LogP contribution < -0.4 is 10.1 Å². The first-order valence-electron chi connectivity index (χ1n) is 6.28. The summed E-state index contributed by atoms with van der Waals surface area (Å²) < 4.78 is 7.10. The zero-order valence-electron chi connectivity index (χ0n) is 12.1. The van der Waals surface area contributed by atoms with E-state index >= 15 is 0 Å². The zero-order valence-corrected chi connectivity index (χ0v) is 12.1. The molecule has 1 amide bonds. The molecule has 0 bridgehead atoms. The fourth-order valence-corrected chi connectivity index (χ4v) is 2.08. The van der Waals surface area contributed by atoms with Gasteiger partial charge in [0.05, 0.1) is 7.11 Å². The molecule has 1 N–H and O–H groups in total. The normalized spacial score (nSPS) is 11.6. The Labute approximate surface area is 113 Å². The van der Waals surface area contributed by atoms with Gasteiger partial charge < -0.3 is 14.6 Å². The minimum absolute atomic E-state index is 0.0647. The van der Waals surface area contributed by atoms with Crippen LogP contribution in [-0.4, -0.2) is 23.1 Å². The molecule has 1 aromatic carbocycles. The fraction of sp³-hybridized carbons (Fsp3) is 0.400. The van der Waals surface area contributed by atoms with Crippen LogP contribution in [0, 0.1) is 0 Å². The molecule has 0 saturated carbocycles. The number of methoxy groups -OCH3 is 1. The molecule has 4 heteroatoms. The average Bonchev–Trinajstić information content (AvgIpc) is 2.64. The van der Waals surface area contributed by atoms with Gasteiger partial charge in [-0.2, -0.15) is 0 Å². The van der Waals surface area contributed by atoms with Gasteiger partial charge >= 0.3 is 0 Å². The van der Waals surface area contributed by atoms with Crippen molar-refractivity contribution < 1.29 is 9.53 Å². The highest BCUT2D eigenvalue weighted by Crippen LogP contribution is 2.24. The average molecular weight is 260 g/mol. The molecule has 1 aromatic heterocycles. The van der Waals surface area contributed by atoms with Crippen LogP contribution >= 0.6 is 0 Å². The summed E-state index contributed by atoms with van der Waals surface area (Å²) in [5.74, 6) is 0.728. The van der Waals surface area contributed by atoms with Gasteiger partial charge in [0.1, 0.15) is 11.4 Å². The SMILES string of the molecule is COc1ccc2c(c1)cc(C(=O)NC(C)(C)C)n2C. The molecular formula is C15H20N2O2. The van der Waals surface area contributed by atoms with Crippen LogP contribution in [0.1, 0.15) is 31.3 Å². The molecule has 1 heterocycles. The molecule has 2 aromatic rings. The third-order valence-electron chi connectivity index (χ3n) is 2.97. The molecule has 4 nitrogen and oxygen atoms in total. The highest BCUT2D eigenvalue weighted by atomic mass is 16.5. The maximum atomic E-state index is 12.2. The summed E-state index contributed by atoms with van der Waals surface area (Å²) in [7, 11) is 3.53. The highest BCUT2D eigenvalue weighted by Gasteiger charge is 2.19. The number of carbonyl (C=O) groups excluding carboxylic acids is 1. The lowest BCUT2D eigenvalue weighted by molar-refractivity contribution is 0.0911. The molecule has 0 spiro atoms. The van der Waals surface area contributed by atoms with Crippen molar-refractivity contribution in [3.8, 4) is 5.75 Å². The van der Waals surface area contributed by atoms with Crippen molar-refractivity contribution in [3.63, 3.8) is 0 Å². The lowest BCUT2D eigenvalue weighted by Crippen LogP contribution is -2.41. The van der Waals surface area contributed by atoms with Crippen molar-refractivity contribution >= 4 is 16.8 Å². The molecule has 0 radical (unpaired) electrons. The van der Waals surface area contributed by atoms with Crippen molar-refractivity contribution in [1.29, 1.82) is 0 Å². The summed E-state index contributed by atoms with van der Waals surface area (Å²) in [6.45, 7) is 5.91. The van der Waals surface area contributed by atoms with Gasteiger partial charge in [0.15, 0.2) is 0 Å². The first-order chi connectivity index (χ1) is 8.81. The van der Waals surface area contributed by atoms with E-state index in [2.05, 4.69) is 5.32 Å². The minimum Gasteiger partial charge on any atom is -0.497 e. The van der Waals surface area contributed by atoms with Crippen molar-refractivity contribution in [1.82, 2.24) is 9.88 Å². The fourth-order valence-electron chi connectivity index (χ4n) is 2.08. The predicted molar refractivity (Wildman–Crippen MR) is 76.7 cm³/mol. The number of benzene rings is 1. The van der Waals surface area contributed by atoms with E-state index in [1.165, 1.54) is 0 Å². The van der Waals surface area contributed by atoms with Crippen molar-refractivity contribution in [2.75, 3.05) is 7.11 Å². The number of carbonyl (C=O) groups is 1. The number of rotatable bonds is 2. The molecule has 0 saturated heterocycles. The minimum atomic E-state index is -0.245. The first-order valence-corrected chi connectivity index (χ1v) is 6.28. The van der Waals surface area contributed by atoms with Crippen molar-refractivity contribution in [3.05, 3.63) is 30.0 Å². The Hall–Kier alpha value is -1.97. The number of hydrogen-bond acceptors (Lipinski definition) is 2. The number of aryl methyl sites for hydroxylation is 1. The third-order valence-corrected chi connectivity index (χ3v) is 2.97. The quantitative estimate of drug-likeness (QED) is 0.902. The number of amides is 1. The lowest BCUT2D eigenvalue weighted by Gasteiger charge is -2.20. The Bertz CT molecular complexity index is 621. The van der Waals surface area contributed by atoms with E-state index in [0.717, 1.165) is 16.7 Å². The smallest absolute Gasteiger partial charge is 0.268 e. The van der Waals surface area contributed by atoms with Gasteiger partial charge in [-0.3, -0.25) is 4.79 Å². The van der Waals surface area contributed by atoms with Crippen molar-refractivity contribution in [2.45, 2.75) is 26.3 Å². The third kappa shape index (κ3) is 2.72. The Kier molecular flexibility index (Phi) is 3.27. The van der Waals surface area contributed by atoms with Gasteiger partial charge in [0.2, 0.25) is 0 Å². The largest absolute Gasteiger partial charge is 0.497 e. The second-order valence-corrected chi connectivity index (χ2v) is 5.72. The molecule has 0 aliphatic rings. The summed E-state index contributed by atoms with van der Waals surface area (Å²) >= 11 is 0. The van der Waals surface area contributed by atoms with E-state index in [1.54, 1.807) is 7.11 Å².